The summed E-state index contributed by atoms with van der Waals surface area (Å²) < 4.78 is 14.7. The topological polar surface area (TPSA) is 33.4 Å². The maximum atomic E-state index is 13.0. The minimum absolute atomic E-state index is 0.456. The molecule has 1 aliphatic rings. The Labute approximate surface area is 86.3 Å². The Hall–Kier alpha value is -1.65. The number of hydrogen-bond donors (Lipinski definition) is 0. The minimum Gasteiger partial charge on any atom is -0.353 e. The van der Waals surface area contributed by atoms with Gasteiger partial charge in [-0.05, 0) is 12.5 Å². The summed E-state index contributed by atoms with van der Waals surface area (Å²) in [6.07, 6.45) is 3.44. The van der Waals surface area contributed by atoms with E-state index in [-0.39, 0.29) is 0 Å². The van der Waals surface area contributed by atoms with Crippen LogP contribution in [0.2, 0.25) is 0 Å². The normalized spacial score (nSPS) is 21.4. The van der Waals surface area contributed by atoms with E-state index in [1.54, 1.807) is 10.7 Å². The van der Waals surface area contributed by atoms with Crippen molar-refractivity contribution in [2.45, 2.75) is 12.6 Å². The first-order valence-corrected chi connectivity index (χ1v) is 5.02. The number of anilines is 1. The Morgan fingerprint density at radius 1 is 1.40 bits per heavy atom. The fourth-order valence-corrected chi connectivity index (χ4v) is 1.90. The van der Waals surface area contributed by atoms with E-state index in [9.17, 15) is 4.39 Å². The maximum Gasteiger partial charge on any atom is 0.157 e. The van der Waals surface area contributed by atoms with Gasteiger partial charge in [0.1, 0.15) is 12.0 Å². The third-order valence-electron chi connectivity index (χ3n) is 2.70. The van der Waals surface area contributed by atoms with Crippen LogP contribution in [0.5, 0.6) is 0 Å². The number of rotatable bonds is 1. The van der Waals surface area contributed by atoms with Crippen LogP contribution in [0.25, 0.3) is 5.65 Å². The number of alkyl halides is 1. The van der Waals surface area contributed by atoms with Crippen molar-refractivity contribution >= 4 is 11.5 Å². The van der Waals surface area contributed by atoms with Gasteiger partial charge in [0, 0.05) is 18.8 Å². The lowest BCUT2D eigenvalue weighted by molar-refractivity contribution is 0.364. The number of fused-ring (bicyclic) bond motifs is 1. The molecule has 0 aliphatic carbocycles. The van der Waals surface area contributed by atoms with E-state index in [1.165, 1.54) is 0 Å². The van der Waals surface area contributed by atoms with Crippen LogP contribution in [-0.4, -0.2) is 33.9 Å². The van der Waals surface area contributed by atoms with Crippen LogP contribution in [0, 0.1) is 0 Å². The van der Waals surface area contributed by atoms with E-state index in [4.69, 9.17) is 0 Å². The summed E-state index contributed by atoms with van der Waals surface area (Å²) in [5.41, 5.74) is 0.801. The molecule has 0 N–H and O–H groups in total. The van der Waals surface area contributed by atoms with Crippen molar-refractivity contribution in [1.82, 2.24) is 14.6 Å². The highest BCUT2D eigenvalue weighted by molar-refractivity contribution is 5.48. The molecule has 1 saturated heterocycles. The van der Waals surface area contributed by atoms with E-state index >= 15 is 0 Å². The van der Waals surface area contributed by atoms with Gasteiger partial charge >= 0.3 is 0 Å². The molecular weight excluding hydrogens is 195 g/mol. The summed E-state index contributed by atoms with van der Waals surface area (Å²) in [6, 6.07) is 3.71. The third kappa shape index (κ3) is 1.44. The number of hydrogen-bond acceptors (Lipinski definition) is 3. The predicted molar refractivity (Wildman–Crippen MR) is 54.7 cm³/mol. The summed E-state index contributed by atoms with van der Waals surface area (Å²) >= 11 is 0. The molecule has 0 aromatic carbocycles. The SMILES string of the molecule is FC1CCN(c2ccn3nccc3n2)C1. The largest absolute Gasteiger partial charge is 0.353 e. The lowest BCUT2D eigenvalue weighted by atomic mass is 10.3. The summed E-state index contributed by atoms with van der Waals surface area (Å²) in [5.74, 6) is 0.836. The van der Waals surface area contributed by atoms with Crippen molar-refractivity contribution in [2.24, 2.45) is 0 Å². The van der Waals surface area contributed by atoms with E-state index in [1.807, 2.05) is 23.2 Å². The second-order valence-corrected chi connectivity index (χ2v) is 3.75. The molecule has 0 radical (unpaired) electrons. The van der Waals surface area contributed by atoms with E-state index in [0.717, 1.165) is 18.0 Å². The number of nitrogens with zero attached hydrogens (tertiary/aromatic N) is 4. The summed E-state index contributed by atoms with van der Waals surface area (Å²) in [5, 5.41) is 4.06. The molecule has 0 amide bonds. The average molecular weight is 206 g/mol. The molecule has 2 aromatic heterocycles. The molecule has 4 nitrogen and oxygen atoms in total. The van der Waals surface area contributed by atoms with Gasteiger partial charge in [0.25, 0.3) is 0 Å². The highest BCUT2D eigenvalue weighted by Gasteiger charge is 2.22. The Kier molecular flexibility index (Phi) is 1.83. The van der Waals surface area contributed by atoms with E-state index < -0.39 is 6.17 Å². The zero-order valence-corrected chi connectivity index (χ0v) is 8.17. The molecule has 2 aromatic rings. The van der Waals surface area contributed by atoms with Crippen molar-refractivity contribution < 1.29 is 4.39 Å². The first kappa shape index (κ1) is 8.64. The molecule has 3 rings (SSSR count). The molecular formula is C10H11FN4. The van der Waals surface area contributed by atoms with Gasteiger partial charge in [-0.15, -0.1) is 0 Å². The van der Waals surface area contributed by atoms with Gasteiger partial charge in [-0.3, -0.25) is 0 Å². The fraction of sp³-hybridized carbons (Fsp3) is 0.400. The first-order valence-electron chi connectivity index (χ1n) is 5.02. The van der Waals surface area contributed by atoms with Crippen LogP contribution >= 0.6 is 0 Å². The standard InChI is InChI=1S/C10H11FN4/c11-8-2-5-14(7-8)9-3-6-15-10(13-9)1-4-12-15/h1,3-4,6,8H,2,5,7H2. The first-order chi connectivity index (χ1) is 7.33. The second-order valence-electron chi connectivity index (χ2n) is 3.75. The van der Waals surface area contributed by atoms with E-state index in [2.05, 4.69) is 10.1 Å². The smallest absolute Gasteiger partial charge is 0.157 e. The summed E-state index contributed by atoms with van der Waals surface area (Å²) in [7, 11) is 0. The fourth-order valence-electron chi connectivity index (χ4n) is 1.90. The zero-order valence-electron chi connectivity index (χ0n) is 8.17. The van der Waals surface area contributed by atoms with Crippen molar-refractivity contribution in [1.29, 1.82) is 0 Å². The molecule has 0 saturated carbocycles. The van der Waals surface area contributed by atoms with Crippen LogP contribution in [0.15, 0.2) is 24.5 Å². The molecule has 15 heavy (non-hydrogen) atoms. The molecule has 1 unspecified atom stereocenters. The van der Waals surface area contributed by atoms with Crippen molar-refractivity contribution in [2.75, 3.05) is 18.0 Å². The molecule has 0 bridgehead atoms. The van der Waals surface area contributed by atoms with Gasteiger partial charge in [0.15, 0.2) is 5.65 Å². The highest BCUT2D eigenvalue weighted by atomic mass is 19.1. The molecule has 1 aliphatic heterocycles. The number of halogens is 1. The zero-order chi connectivity index (χ0) is 10.3. The van der Waals surface area contributed by atoms with E-state index in [0.29, 0.717) is 13.0 Å². The molecule has 78 valence electrons. The van der Waals surface area contributed by atoms with Gasteiger partial charge in [0.2, 0.25) is 0 Å². The lowest BCUT2D eigenvalue weighted by Crippen LogP contribution is -2.21. The highest BCUT2D eigenvalue weighted by Crippen LogP contribution is 2.19. The van der Waals surface area contributed by atoms with Crippen LogP contribution in [0.4, 0.5) is 10.2 Å². The van der Waals surface area contributed by atoms with Crippen molar-refractivity contribution in [3.63, 3.8) is 0 Å². The molecule has 0 spiro atoms. The molecule has 3 heterocycles. The monoisotopic (exact) mass is 206 g/mol. The quantitative estimate of drug-likeness (QED) is 0.704. The number of aromatic nitrogens is 3. The van der Waals surface area contributed by atoms with Crippen LogP contribution < -0.4 is 4.90 Å². The van der Waals surface area contributed by atoms with Gasteiger partial charge < -0.3 is 4.90 Å². The Balaban J connectivity index is 1.97. The molecule has 5 heteroatoms. The average Bonchev–Trinajstić information content (AvgIpc) is 2.84. The van der Waals surface area contributed by atoms with Crippen molar-refractivity contribution in [3.05, 3.63) is 24.5 Å². The predicted octanol–water partition coefficient (Wildman–Crippen LogP) is 1.28. The second kappa shape index (κ2) is 3.18. The third-order valence-corrected chi connectivity index (χ3v) is 2.70. The van der Waals surface area contributed by atoms with Gasteiger partial charge in [0.05, 0.1) is 12.7 Å². The summed E-state index contributed by atoms with van der Waals surface area (Å²) in [6.45, 7) is 1.20. The Bertz CT molecular complexity index is 481. The van der Waals surface area contributed by atoms with Crippen LogP contribution in [0.1, 0.15) is 6.42 Å². The Morgan fingerprint density at radius 2 is 2.33 bits per heavy atom. The van der Waals surface area contributed by atoms with Crippen molar-refractivity contribution in [3.8, 4) is 0 Å². The lowest BCUT2D eigenvalue weighted by Gasteiger charge is -2.15. The molecule has 1 atom stereocenters. The minimum atomic E-state index is -0.715. The van der Waals surface area contributed by atoms with Crippen LogP contribution in [0.3, 0.4) is 0 Å². The van der Waals surface area contributed by atoms with Gasteiger partial charge in [-0.2, -0.15) is 5.10 Å². The molecule has 1 fully saturated rings. The maximum absolute atomic E-state index is 13.0. The summed E-state index contributed by atoms with van der Waals surface area (Å²) in [4.78, 5) is 6.38. The Morgan fingerprint density at radius 3 is 3.13 bits per heavy atom. The van der Waals surface area contributed by atoms with Gasteiger partial charge in [-0.1, -0.05) is 0 Å². The van der Waals surface area contributed by atoms with Crippen LogP contribution in [-0.2, 0) is 0 Å². The van der Waals surface area contributed by atoms with Gasteiger partial charge in [-0.25, -0.2) is 13.9 Å².